The zero-order valence-corrected chi connectivity index (χ0v) is 12.8. The molecular formula is C15H22O5S. The summed E-state index contributed by atoms with van der Waals surface area (Å²) < 4.78 is 11.2. The molecule has 3 unspecified atom stereocenters. The van der Waals surface area contributed by atoms with Crippen molar-refractivity contribution < 1.29 is 24.8 Å². The van der Waals surface area contributed by atoms with Gasteiger partial charge in [0.15, 0.2) is 0 Å². The summed E-state index contributed by atoms with van der Waals surface area (Å²) in [6, 6.07) is 9.56. The fourth-order valence-corrected chi connectivity index (χ4v) is 3.22. The Bertz CT molecular complexity index is 416. The molecule has 0 saturated carbocycles. The van der Waals surface area contributed by atoms with E-state index in [2.05, 4.69) is 0 Å². The lowest BCUT2D eigenvalue weighted by molar-refractivity contribution is -0.223. The van der Waals surface area contributed by atoms with Gasteiger partial charge in [-0.2, -0.15) is 0 Å². The summed E-state index contributed by atoms with van der Waals surface area (Å²) in [5.74, 6) is 0.765. The van der Waals surface area contributed by atoms with Gasteiger partial charge >= 0.3 is 0 Å². The van der Waals surface area contributed by atoms with E-state index >= 15 is 0 Å². The van der Waals surface area contributed by atoms with E-state index in [1.807, 2.05) is 37.3 Å². The van der Waals surface area contributed by atoms with Crippen LogP contribution in [-0.2, 0) is 16.1 Å². The van der Waals surface area contributed by atoms with Crippen molar-refractivity contribution in [1.82, 2.24) is 0 Å². The SMILES string of the molecule is CCS[C@@H]1OC(CO)[C@@H](O)C(OCc2ccccc2)C1O. The van der Waals surface area contributed by atoms with Crippen LogP contribution in [0.1, 0.15) is 12.5 Å². The molecule has 0 bridgehead atoms. The quantitative estimate of drug-likeness (QED) is 0.720. The smallest absolute Gasteiger partial charge is 0.132 e. The van der Waals surface area contributed by atoms with Crippen LogP contribution in [0.4, 0.5) is 0 Å². The van der Waals surface area contributed by atoms with Gasteiger partial charge in [0.2, 0.25) is 0 Å². The highest BCUT2D eigenvalue weighted by atomic mass is 32.2. The molecule has 1 aliphatic heterocycles. The van der Waals surface area contributed by atoms with Gasteiger partial charge in [0, 0.05) is 0 Å². The van der Waals surface area contributed by atoms with Crippen molar-refractivity contribution in [3.05, 3.63) is 35.9 Å². The standard InChI is InChI=1S/C15H22O5S/c1-2-21-15-13(18)14(12(17)11(8-16)20-15)19-9-10-6-4-3-5-7-10/h3-7,11-18H,2,8-9H2,1H3/t11?,12-,13?,14?,15+/m1/s1. The molecule has 1 fully saturated rings. The van der Waals surface area contributed by atoms with Crippen LogP contribution in [0.25, 0.3) is 0 Å². The van der Waals surface area contributed by atoms with Gasteiger partial charge in [-0.25, -0.2) is 0 Å². The minimum atomic E-state index is -1.05. The molecule has 21 heavy (non-hydrogen) atoms. The molecule has 1 aromatic carbocycles. The normalized spacial score (nSPS) is 33.0. The van der Waals surface area contributed by atoms with Crippen LogP contribution in [0, 0.1) is 0 Å². The van der Waals surface area contributed by atoms with Crippen molar-refractivity contribution in [2.45, 2.75) is 43.4 Å². The number of thioether (sulfide) groups is 1. The third-order valence-electron chi connectivity index (χ3n) is 3.44. The first-order chi connectivity index (χ1) is 10.2. The summed E-state index contributed by atoms with van der Waals surface area (Å²) >= 11 is 1.43. The van der Waals surface area contributed by atoms with Gasteiger partial charge in [0.25, 0.3) is 0 Å². The molecule has 2 rings (SSSR count). The molecule has 1 heterocycles. The monoisotopic (exact) mass is 314 g/mol. The van der Waals surface area contributed by atoms with Crippen LogP contribution < -0.4 is 0 Å². The maximum atomic E-state index is 10.3. The number of hydrogen-bond acceptors (Lipinski definition) is 6. The molecule has 1 aliphatic rings. The average Bonchev–Trinajstić information content (AvgIpc) is 2.51. The molecule has 0 aliphatic carbocycles. The van der Waals surface area contributed by atoms with E-state index in [9.17, 15) is 15.3 Å². The first-order valence-corrected chi connectivity index (χ1v) is 8.11. The minimum absolute atomic E-state index is 0.293. The van der Waals surface area contributed by atoms with Gasteiger partial charge in [-0.3, -0.25) is 0 Å². The summed E-state index contributed by atoms with van der Waals surface area (Å²) in [7, 11) is 0. The van der Waals surface area contributed by atoms with Crippen LogP contribution in [0.5, 0.6) is 0 Å². The predicted octanol–water partition coefficient (Wildman–Crippen LogP) is 0.764. The van der Waals surface area contributed by atoms with Crippen LogP contribution in [-0.4, -0.2) is 57.5 Å². The van der Waals surface area contributed by atoms with E-state index in [1.54, 1.807) is 0 Å². The number of ether oxygens (including phenoxy) is 2. The largest absolute Gasteiger partial charge is 0.394 e. The maximum Gasteiger partial charge on any atom is 0.132 e. The van der Waals surface area contributed by atoms with Gasteiger partial charge in [0.05, 0.1) is 13.2 Å². The highest BCUT2D eigenvalue weighted by molar-refractivity contribution is 7.99. The third kappa shape index (κ3) is 4.18. The second kappa shape index (κ2) is 8.12. The van der Waals surface area contributed by atoms with E-state index < -0.39 is 29.9 Å². The van der Waals surface area contributed by atoms with Crippen LogP contribution in [0.2, 0.25) is 0 Å². The molecule has 0 amide bonds. The topological polar surface area (TPSA) is 79.2 Å². The highest BCUT2D eigenvalue weighted by Crippen LogP contribution is 2.30. The Hall–Kier alpha value is -0.630. The van der Waals surface area contributed by atoms with Crippen LogP contribution in [0.15, 0.2) is 30.3 Å². The molecule has 118 valence electrons. The molecule has 3 N–H and O–H groups in total. The van der Waals surface area contributed by atoms with Crippen LogP contribution in [0.3, 0.4) is 0 Å². The predicted molar refractivity (Wildman–Crippen MR) is 80.9 cm³/mol. The molecule has 0 radical (unpaired) electrons. The molecule has 5 nitrogen and oxygen atoms in total. The summed E-state index contributed by atoms with van der Waals surface area (Å²) in [6.45, 7) is 1.95. The average molecular weight is 314 g/mol. The lowest BCUT2D eigenvalue weighted by Crippen LogP contribution is -2.58. The molecule has 1 aromatic rings. The van der Waals surface area contributed by atoms with Crippen molar-refractivity contribution in [2.75, 3.05) is 12.4 Å². The Kier molecular flexibility index (Phi) is 6.47. The zero-order chi connectivity index (χ0) is 15.2. The number of aliphatic hydroxyl groups is 3. The van der Waals surface area contributed by atoms with Crippen molar-refractivity contribution in [3.63, 3.8) is 0 Å². The van der Waals surface area contributed by atoms with Gasteiger partial charge in [-0.1, -0.05) is 37.3 Å². The summed E-state index contributed by atoms with van der Waals surface area (Å²) in [6.07, 6.45) is -3.50. The van der Waals surface area contributed by atoms with Gasteiger partial charge in [-0.05, 0) is 11.3 Å². The lowest BCUT2D eigenvalue weighted by atomic mass is 10.00. The first kappa shape index (κ1) is 16.7. The molecule has 6 heteroatoms. The summed E-state index contributed by atoms with van der Waals surface area (Å²) in [5, 5.41) is 29.8. The van der Waals surface area contributed by atoms with Crippen molar-refractivity contribution >= 4 is 11.8 Å². The van der Waals surface area contributed by atoms with Crippen molar-refractivity contribution in [2.24, 2.45) is 0 Å². The maximum absolute atomic E-state index is 10.3. The number of benzene rings is 1. The number of rotatable bonds is 6. The van der Waals surface area contributed by atoms with E-state index in [0.29, 0.717) is 6.61 Å². The van der Waals surface area contributed by atoms with Crippen molar-refractivity contribution in [3.8, 4) is 0 Å². The Morgan fingerprint density at radius 1 is 1.19 bits per heavy atom. The fourth-order valence-electron chi connectivity index (χ4n) is 2.32. The molecular weight excluding hydrogens is 292 g/mol. The third-order valence-corrected chi connectivity index (χ3v) is 4.49. The fraction of sp³-hybridized carbons (Fsp3) is 0.600. The summed E-state index contributed by atoms with van der Waals surface area (Å²) in [5.41, 5.74) is 0.458. The van der Waals surface area contributed by atoms with Gasteiger partial charge < -0.3 is 24.8 Å². The Morgan fingerprint density at radius 3 is 2.52 bits per heavy atom. The Labute approximate surface area is 128 Å². The first-order valence-electron chi connectivity index (χ1n) is 7.07. The van der Waals surface area contributed by atoms with Gasteiger partial charge in [-0.15, -0.1) is 11.8 Å². The molecule has 0 aromatic heterocycles. The number of hydrogen-bond donors (Lipinski definition) is 3. The van der Waals surface area contributed by atoms with Crippen LogP contribution >= 0.6 is 11.8 Å². The molecule has 1 saturated heterocycles. The zero-order valence-electron chi connectivity index (χ0n) is 12.0. The summed E-state index contributed by atoms with van der Waals surface area (Å²) in [4.78, 5) is 0. The molecule has 5 atom stereocenters. The van der Waals surface area contributed by atoms with E-state index in [0.717, 1.165) is 11.3 Å². The second-order valence-corrected chi connectivity index (χ2v) is 6.30. The Morgan fingerprint density at radius 2 is 1.90 bits per heavy atom. The molecule has 0 spiro atoms. The van der Waals surface area contributed by atoms with E-state index in [-0.39, 0.29) is 6.61 Å². The van der Waals surface area contributed by atoms with Crippen molar-refractivity contribution in [1.29, 1.82) is 0 Å². The van der Waals surface area contributed by atoms with E-state index in [4.69, 9.17) is 9.47 Å². The lowest BCUT2D eigenvalue weighted by Gasteiger charge is -2.41. The second-order valence-electron chi connectivity index (χ2n) is 4.92. The van der Waals surface area contributed by atoms with Gasteiger partial charge in [0.1, 0.15) is 29.9 Å². The highest BCUT2D eigenvalue weighted by Gasteiger charge is 2.44. The minimum Gasteiger partial charge on any atom is -0.394 e. The Balaban J connectivity index is 2.03. The number of aliphatic hydroxyl groups excluding tert-OH is 3. The van der Waals surface area contributed by atoms with E-state index in [1.165, 1.54) is 11.8 Å².